The Bertz CT molecular complexity index is 1240. The number of morpholine rings is 1. The number of anilines is 1. The summed E-state index contributed by atoms with van der Waals surface area (Å²) in [6, 6.07) is 14.5. The van der Waals surface area contributed by atoms with Crippen LogP contribution in [-0.4, -0.2) is 61.4 Å². The molecule has 3 heterocycles. The molecule has 1 saturated heterocycles. The molecule has 2 aliphatic heterocycles. The van der Waals surface area contributed by atoms with Crippen molar-refractivity contribution in [3.8, 4) is 11.4 Å². The molecule has 8 nitrogen and oxygen atoms in total. The molecule has 0 radical (unpaired) electrons. The van der Waals surface area contributed by atoms with E-state index in [4.69, 9.17) is 4.74 Å². The smallest absolute Gasteiger partial charge is 0.261 e. The lowest BCUT2D eigenvalue weighted by Crippen LogP contribution is -2.40. The molecule has 2 aliphatic rings. The zero-order chi connectivity index (χ0) is 22.1. The predicted octanol–water partition coefficient (Wildman–Crippen LogP) is 2.37. The number of carbonyl (C=O) groups is 1. The molecule has 3 aromatic rings. The van der Waals surface area contributed by atoms with Crippen LogP contribution in [0.15, 0.2) is 65.8 Å². The minimum atomic E-state index is -3.57. The Balaban J connectivity index is 1.37. The number of aromatic nitrogens is 2. The molecule has 0 spiro atoms. The number of benzene rings is 2. The van der Waals surface area contributed by atoms with E-state index < -0.39 is 10.0 Å². The number of fused-ring (bicyclic) bond motifs is 1. The van der Waals surface area contributed by atoms with E-state index in [1.165, 1.54) is 16.7 Å². The average molecular weight is 451 g/mol. The monoisotopic (exact) mass is 450 g/mol. The van der Waals surface area contributed by atoms with Crippen LogP contribution in [0.1, 0.15) is 15.9 Å². The Kier molecular flexibility index (Phi) is 5.46. The highest BCUT2D eigenvalue weighted by Crippen LogP contribution is 2.32. The van der Waals surface area contributed by atoms with Gasteiger partial charge in [0, 0.05) is 43.3 Å². The topological polar surface area (TPSA) is 92.7 Å². The second kappa shape index (κ2) is 8.42. The number of amides is 1. The molecule has 5 rings (SSSR count). The molecule has 0 N–H and O–H groups in total. The first-order valence-electron chi connectivity index (χ1n) is 10.4. The van der Waals surface area contributed by atoms with Crippen LogP contribution in [0, 0.1) is 0 Å². The van der Waals surface area contributed by atoms with Gasteiger partial charge in [-0.25, -0.2) is 18.4 Å². The van der Waals surface area contributed by atoms with Gasteiger partial charge in [-0.3, -0.25) is 4.79 Å². The summed E-state index contributed by atoms with van der Waals surface area (Å²) in [5.74, 6) is 0.356. The summed E-state index contributed by atoms with van der Waals surface area (Å²) in [6.45, 7) is 1.98. The van der Waals surface area contributed by atoms with E-state index >= 15 is 0 Å². The van der Waals surface area contributed by atoms with Crippen molar-refractivity contribution < 1.29 is 17.9 Å². The maximum absolute atomic E-state index is 13.1. The van der Waals surface area contributed by atoms with Crippen molar-refractivity contribution in [1.82, 2.24) is 14.3 Å². The van der Waals surface area contributed by atoms with Crippen LogP contribution >= 0.6 is 0 Å². The van der Waals surface area contributed by atoms with Crippen molar-refractivity contribution in [2.75, 3.05) is 37.7 Å². The molecule has 0 atom stereocenters. The second-order valence-electron chi connectivity index (χ2n) is 7.68. The molecule has 0 saturated carbocycles. The van der Waals surface area contributed by atoms with Gasteiger partial charge in [0.15, 0.2) is 5.82 Å². The van der Waals surface area contributed by atoms with Gasteiger partial charge in [0.2, 0.25) is 10.0 Å². The molecule has 0 aliphatic carbocycles. The van der Waals surface area contributed by atoms with Gasteiger partial charge in [-0.1, -0.05) is 30.3 Å². The lowest BCUT2D eigenvalue weighted by molar-refractivity contribution is 0.0730. The Labute approximate surface area is 186 Å². The van der Waals surface area contributed by atoms with Gasteiger partial charge in [0.1, 0.15) is 0 Å². The van der Waals surface area contributed by atoms with Gasteiger partial charge in [-0.05, 0) is 30.2 Å². The van der Waals surface area contributed by atoms with Crippen LogP contribution in [0.4, 0.5) is 5.69 Å². The fraction of sp³-hybridized carbons (Fsp3) is 0.261. The molecule has 2 aromatic carbocycles. The number of hydrogen-bond donors (Lipinski definition) is 0. The number of sulfonamides is 1. The Hall–Kier alpha value is -3.14. The van der Waals surface area contributed by atoms with Gasteiger partial charge in [0.25, 0.3) is 5.91 Å². The van der Waals surface area contributed by atoms with E-state index in [2.05, 4.69) is 9.97 Å². The van der Waals surface area contributed by atoms with Crippen molar-refractivity contribution >= 4 is 21.6 Å². The lowest BCUT2D eigenvalue weighted by atomic mass is 10.2. The fourth-order valence-electron chi connectivity index (χ4n) is 4.02. The summed E-state index contributed by atoms with van der Waals surface area (Å²) in [5.41, 5.74) is 2.84. The Morgan fingerprint density at radius 1 is 0.938 bits per heavy atom. The summed E-state index contributed by atoms with van der Waals surface area (Å²) in [4.78, 5) is 23.7. The number of hydrogen-bond acceptors (Lipinski definition) is 6. The SMILES string of the molecule is O=C(c1cnc(-c2ccccc2)nc1)N1CCc2cc(S(=O)(=O)N3CCOCC3)ccc21. The summed E-state index contributed by atoms with van der Waals surface area (Å²) in [6.07, 6.45) is 3.66. The molecule has 9 heteroatoms. The highest BCUT2D eigenvalue weighted by Gasteiger charge is 2.30. The first-order chi connectivity index (χ1) is 15.5. The van der Waals surface area contributed by atoms with Crippen LogP contribution in [0.25, 0.3) is 11.4 Å². The van der Waals surface area contributed by atoms with E-state index in [0.29, 0.717) is 50.7 Å². The molecular formula is C23H22N4O4S. The maximum atomic E-state index is 13.1. The number of rotatable bonds is 4. The minimum Gasteiger partial charge on any atom is -0.379 e. The third-order valence-corrected chi connectivity index (χ3v) is 7.62. The zero-order valence-corrected chi connectivity index (χ0v) is 18.2. The molecule has 0 unspecified atom stereocenters. The highest BCUT2D eigenvalue weighted by atomic mass is 32.2. The largest absolute Gasteiger partial charge is 0.379 e. The van der Waals surface area contributed by atoms with Crippen LogP contribution in [0.5, 0.6) is 0 Å². The number of nitrogens with zero attached hydrogens (tertiary/aromatic N) is 4. The Morgan fingerprint density at radius 3 is 2.38 bits per heavy atom. The van der Waals surface area contributed by atoms with Crippen LogP contribution < -0.4 is 4.90 Å². The zero-order valence-electron chi connectivity index (χ0n) is 17.3. The van der Waals surface area contributed by atoms with Crippen LogP contribution in [0.2, 0.25) is 0 Å². The summed E-state index contributed by atoms with van der Waals surface area (Å²) in [5, 5.41) is 0. The van der Waals surface area contributed by atoms with Crippen molar-refractivity contribution in [3.05, 3.63) is 72.1 Å². The van der Waals surface area contributed by atoms with Gasteiger partial charge < -0.3 is 9.64 Å². The maximum Gasteiger partial charge on any atom is 0.261 e. The van der Waals surface area contributed by atoms with E-state index in [1.807, 2.05) is 30.3 Å². The van der Waals surface area contributed by atoms with Crippen molar-refractivity contribution in [2.24, 2.45) is 0 Å². The summed E-state index contributed by atoms with van der Waals surface area (Å²) < 4.78 is 32.6. The first kappa shape index (κ1) is 20.7. The van der Waals surface area contributed by atoms with E-state index in [1.54, 1.807) is 23.1 Å². The summed E-state index contributed by atoms with van der Waals surface area (Å²) >= 11 is 0. The third-order valence-electron chi connectivity index (χ3n) is 5.73. The van der Waals surface area contributed by atoms with E-state index in [0.717, 1.165) is 16.8 Å². The second-order valence-corrected chi connectivity index (χ2v) is 9.61. The highest BCUT2D eigenvalue weighted by molar-refractivity contribution is 7.89. The molecule has 1 fully saturated rings. The van der Waals surface area contributed by atoms with Crippen molar-refractivity contribution in [3.63, 3.8) is 0 Å². The molecule has 32 heavy (non-hydrogen) atoms. The molecular weight excluding hydrogens is 428 g/mol. The molecule has 1 amide bonds. The van der Waals surface area contributed by atoms with E-state index in [9.17, 15) is 13.2 Å². The standard InChI is InChI=1S/C23H22N4O4S/c28-23(19-15-24-22(25-16-19)17-4-2-1-3-5-17)27-9-8-18-14-20(6-7-21(18)27)32(29,30)26-10-12-31-13-11-26/h1-7,14-16H,8-13H2. The fourth-order valence-corrected chi connectivity index (χ4v) is 5.48. The first-order valence-corrected chi connectivity index (χ1v) is 11.9. The van der Waals surface area contributed by atoms with Crippen LogP contribution in [-0.2, 0) is 21.2 Å². The quantitative estimate of drug-likeness (QED) is 0.606. The van der Waals surface area contributed by atoms with Crippen molar-refractivity contribution in [1.29, 1.82) is 0 Å². The van der Waals surface area contributed by atoms with Gasteiger partial charge in [-0.15, -0.1) is 0 Å². The van der Waals surface area contributed by atoms with Gasteiger partial charge in [-0.2, -0.15) is 4.31 Å². The number of ether oxygens (including phenoxy) is 1. The molecule has 164 valence electrons. The van der Waals surface area contributed by atoms with E-state index in [-0.39, 0.29) is 10.8 Å². The van der Waals surface area contributed by atoms with Crippen molar-refractivity contribution in [2.45, 2.75) is 11.3 Å². The van der Waals surface area contributed by atoms with Gasteiger partial charge in [0.05, 0.1) is 23.7 Å². The third kappa shape index (κ3) is 3.79. The average Bonchev–Trinajstić information content (AvgIpc) is 3.28. The lowest BCUT2D eigenvalue weighted by Gasteiger charge is -2.26. The number of carbonyl (C=O) groups excluding carboxylic acids is 1. The minimum absolute atomic E-state index is 0.202. The predicted molar refractivity (Wildman–Crippen MR) is 119 cm³/mol. The molecule has 0 bridgehead atoms. The molecule has 1 aromatic heterocycles. The van der Waals surface area contributed by atoms with Crippen LogP contribution in [0.3, 0.4) is 0 Å². The van der Waals surface area contributed by atoms with Gasteiger partial charge >= 0.3 is 0 Å². The Morgan fingerprint density at radius 2 is 1.66 bits per heavy atom. The normalized spacial score (nSPS) is 16.7. The summed E-state index contributed by atoms with van der Waals surface area (Å²) in [7, 11) is -3.57.